The second-order valence-electron chi connectivity index (χ2n) is 5.57. The molecule has 0 N–H and O–H groups in total. The summed E-state index contributed by atoms with van der Waals surface area (Å²) in [6, 6.07) is 10.3. The molecule has 1 saturated carbocycles. The fraction of sp³-hybridized carbons (Fsp3) is 0.294. The first kappa shape index (κ1) is 13.2. The van der Waals surface area contributed by atoms with Crippen molar-refractivity contribution >= 4 is 33.0 Å². The SMILES string of the molecule is Clc1cc(C2CCCC2)nc(-c2csc3ccccc23)n1. The third kappa shape index (κ3) is 2.45. The second-order valence-corrected chi connectivity index (χ2v) is 6.86. The van der Waals surface area contributed by atoms with Crippen LogP contribution in [0.15, 0.2) is 35.7 Å². The summed E-state index contributed by atoms with van der Waals surface area (Å²) in [6.07, 6.45) is 5.03. The van der Waals surface area contributed by atoms with Gasteiger partial charge in [-0.2, -0.15) is 0 Å². The summed E-state index contributed by atoms with van der Waals surface area (Å²) in [7, 11) is 0. The Balaban J connectivity index is 1.84. The molecule has 1 aromatic carbocycles. The second kappa shape index (κ2) is 5.39. The van der Waals surface area contributed by atoms with E-state index in [0.717, 1.165) is 17.1 Å². The van der Waals surface area contributed by atoms with E-state index in [0.29, 0.717) is 11.1 Å². The van der Waals surface area contributed by atoms with E-state index in [2.05, 4.69) is 34.6 Å². The van der Waals surface area contributed by atoms with Crippen LogP contribution in [0.4, 0.5) is 0 Å². The van der Waals surface area contributed by atoms with Gasteiger partial charge in [-0.3, -0.25) is 0 Å². The van der Waals surface area contributed by atoms with E-state index in [4.69, 9.17) is 16.6 Å². The first-order valence-corrected chi connectivity index (χ1v) is 8.58. The molecule has 2 aromatic heterocycles. The number of nitrogens with zero attached hydrogens (tertiary/aromatic N) is 2. The van der Waals surface area contributed by atoms with Gasteiger partial charge in [-0.15, -0.1) is 11.3 Å². The van der Waals surface area contributed by atoms with Gasteiger partial charge in [-0.05, 0) is 25.0 Å². The molecule has 0 saturated heterocycles. The monoisotopic (exact) mass is 314 g/mol. The van der Waals surface area contributed by atoms with Crippen LogP contribution in [0, 0.1) is 0 Å². The fourth-order valence-corrected chi connectivity index (χ4v) is 4.27. The molecule has 0 radical (unpaired) electrons. The third-order valence-electron chi connectivity index (χ3n) is 4.21. The molecule has 3 aromatic rings. The lowest BCUT2D eigenvalue weighted by atomic mass is 10.0. The minimum absolute atomic E-state index is 0.550. The van der Waals surface area contributed by atoms with E-state index in [1.54, 1.807) is 11.3 Å². The van der Waals surface area contributed by atoms with Crippen LogP contribution in [-0.2, 0) is 0 Å². The third-order valence-corrected chi connectivity index (χ3v) is 5.37. The van der Waals surface area contributed by atoms with Crippen molar-refractivity contribution in [2.45, 2.75) is 31.6 Å². The minimum Gasteiger partial charge on any atom is -0.233 e. The van der Waals surface area contributed by atoms with Gasteiger partial charge in [0.15, 0.2) is 5.82 Å². The van der Waals surface area contributed by atoms with Crippen LogP contribution in [0.2, 0.25) is 5.15 Å². The van der Waals surface area contributed by atoms with Gasteiger partial charge in [0.1, 0.15) is 5.15 Å². The maximum atomic E-state index is 6.25. The van der Waals surface area contributed by atoms with Gasteiger partial charge >= 0.3 is 0 Å². The topological polar surface area (TPSA) is 25.8 Å². The van der Waals surface area contributed by atoms with Gasteiger partial charge in [-0.25, -0.2) is 9.97 Å². The van der Waals surface area contributed by atoms with E-state index in [9.17, 15) is 0 Å². The quantitative estimate of drug-likeness (QED) is 0.569. The zero-order valence-corrected chi connectivity index (χ0v) is 13.1. The molecule has 0 aliphatic heterocycles. The molecule has 1 aliphatic carbocycles. The summed E-state index contributed by atoms with van der Waals surface area (Å²) in [5, 5.41) is 3.90. The summed E-state index contributed by atoms with van der Waals surface area (Å²) in [5.41, 5.74) is 2.20. The van der Waals surface area contributed by atoms with Crippen LogP contribution in [0.25, 0.3) is 21.5 Å². The van der Waals surface area contributed by atoms with Gasteiger partial charge in [0.2, 0.25) is 0 Å². The lowest BCUT2D eigenvalue weighted by Crippen LogP contribution is -2.00. The van der Waals surface area contributed by atoms with Gasteiger partial charge < -0.3 is 0 Å². The number of rotatable bonds is 2. The average molecular weight is 315 g/mol. The number of hydrogen-bond acceptors (Lipinski definition) is 3. The Morgan fingerprint density at radius 2 is 1.90 bits per heavy atom. The Morgan fingerprint density at radius 1 is 1.10 bits per heavy atom. The standard InChI is InChI=1S/C17H15ClN2S/c18-16-9-14(11-5-1-2-6-11)19-17(20-16)13-10-21-15-8-4-3-7-12(13)15/h3-4,7-11H,1-2,5-6H2. The van der Waals surface area contributed by atoms with Crippen molar-refractivity contribution in [1.82, 2.24) is 9.97 Å². The van der Waals surface area contributed by atoms with Gasteiger partial charge in [0.05, 0.1) is 0 Å². The van der Waals surface area contributed by atoms with Crippen LogP contribution < -0.4 is 0 Å². The molecular formula is C17H15ClN2S. The van der Waals surface area contributed by atoms with Gasteiger partial charge in [-0.1, -0.05) is 42.6 Å². The van der Waals surface area contributed by atoms with E-state index >= 15 is 0 Å². The normalized spacial score (nSPS) is 15.9. The Labute approximate surface area is 132 Å². The van der Waals surface area contributed by atoms with Gasteiger partial charge in [0, 0.05) is 32.6 Å². The molecular weight excluding hydrogens is 300 g/mol. The lowest BCUT2D eigenvalue weighted by molar-refractivity contribution is 0.695. The highest BCUT2D eigenvalue weighted by molar-refractivity contribution is 7.17. The van der Waals surface area contributed by atoms with Crippen molar-refractivity contribution in [1.29, 1.82) is 0 Å². The number of benzene rings is 1. The number of thiophene rings is 1. The van der Waals surface area contributed by atoms with Crippen molar-refractivity contribution in [2.24, 2.45) is 0 Å². The molecule has 0 atom stereocenters. The predicted molar refractivity (Wildman–Crippen MR) is 89.1 cm³/mol. The molecule has 0 spiro atoms. The summed E-state index contributed by atoms with van der Waals surface area (Å²) in [6.45, 7) is 0. The Kier molecular flexibility index (Phi) is 3.40. The predicted octanol–water partition coefficient (Wildman–Crippen LogP) is 5.67. The average Bonchev–Trinajstić information content (AvgIpc) is 3.16. The molecule has 1 aliphatic rings. The minimum atomic E-state index is 0.550. The van der Waals surface area contributed by atoms with Crippen molar-refractivity contribution in [3.63, 3.8) is 0 Å². The van der Waals surface area contributed by atoms with Crippen LogP contribution >= 0.6 is 22.9 Å². The summed E-state index contributed by atoms with van der Waals surface area (Å²) >= 11 is 7.98. The Bertz CT molecular complexity index is 790. The highest BCUT2D eigenvalue weighted by atomic mass is 35.5. The number of aromatic nitrogens is 2. The largest absolute Gasteiger partial charge is 0.233 e. The number of halogens is 1. The van der Waals surface area contributed by atoms with Crippen LogP contribution in [0.5, 0.6) is 0 Å². The van der Waals surface area contributed by atoms with E-state index in [1.807, 2.05) is 6.07 Å². The number of fused-ring (bicyclic) bond motifs is 1. The van der Waals surface area contributed by atoms with Crippen LogP contribution in [0.1, 0.15) is 37.3 Å². The Hall–Kier alpha value is -1.45. The van der Waals surface area contributed by atoms with E-state index in [-0.39, 0.29) is 0 Å². The molecule has 106 valence electrons. The molecule has 0 amide bonds. The lowest BCUT2D eigenvalue weighted by Gasteiger charge is -2.10. The maximum Gasteiger partial charge on any atom is 0.162 e. The van der Waals surface area contributed by atoms with Crippen LogP contribution in [-0.4, -0.2) is 9.97 Å². The highest BCUT2D eigenvalue weighted by Crippen LogP contribution is 2.36. The summed E-state index contributed by atoms with van der Waals surface area (Å²) in [4.78, 5) is 9.28. The van der Waals surface area contributed by atoms with E-state index in [1.165, 1.54) is 35.8 Å². The highest BCUT2D eigenvalue weighted by Gasteiger charge is 2.20. The number of hydrogen-bond donors (Lipinski definition) is 0. The molecule has 4 heteroatoms. The van der Waals surface area contributed by atoms with E-state index < -0.39 is 0 Å². The zero-order valence-electron chi connectivity index (χ0n) is 11.6. The molecule has 21 heavy (non-hydrogen) atoms. The molecule has 0 bridgehead atoms. The van der Waals surface area contributed by atoms with Gasteiger partial charge in [0.25, 0.3) is 0 Å². The molecule has 1 fully saturated rings. The Morgan fingerprint density at radius 3 is 2.76 bits per heavy atom. The fourth-order valence-electron chi connectivity index (χ4n) is 3.14. The summed E-state index contributed by atoms with van der Waals surface area (Å²) < 4.78 is 1.26. The molecule has 4 rings (SSSR count). The smallest absolute Gasteiger partial charge is 0.162 e. The van der Waals surface area contributed by atoms with Crippen molar-refractivity contribution < 1.29 is 0 Å². The zero-order chi connectivity index (χ0) is 14.2. The molecule has 2 nitrogen and oxygen atoms in total. The first-order chi connectivity index (χ1) is 10.3. The summed E-state index contributed by atoms with van der Waals surface area (Å²) in [5.74, 6) is 1.32. The van der Waals surface area contributed by atoms with Crippen molar-refractivity contribution in [3.05, 3.63) is 46.6 Å². The molecule has 2 heterocycles. The maximum absolute atomic E-state index is 6.25. The van der Waals surface area contributed by atoms with Crippen LogP contribution in [0.3, 0.4) is 0 Å². The van der Waals surface area contributed by atoms with Crippen molar-refractivity contribution in [2.75, 3.05) is 0 Å². The molecule has 0 unspecified atom stereocenters. The van der Waals surface area contributed by atoms with Crippen molar-refractivity contribution in [3.8, 4) is 11.4 Å². The first-order valence-electron chi connectivity index (χ1n) is 7.32.